The van der Waals surface area contributed by atoms with Crippen molar-refractivity contribution in [2.24, 2.45) is 0 Å². The fourth-order valence-corrected chi connectivity index (χ4v) is 12.5. The van der Waals surface area contributed by atoms with Gasteiger partial charge in [0, 0.05) is 22.8 Å². The van der Waals surface area contributed by atoms with Crippen LogP contribution in [-0.2, 0) is 29.3 Å². The third-order valence-corrected chi connectivity index (χ3v) is 18.2. The molecular formula is C82H146N2Ni. The molecule has 0 aliphatic carbocycles. The van der Waals surface area contributed by atoms with E-state index in [9.17, 15) is 5.53 Å². The van der Waals surface area contributed by atoms with Crippen LogP contribution in [0.5, 0.6) is 0 Å². The zero-order valence-corrected chi connectivity index (χ0v) is 59.0. The van der Waals surface area contributed by atoms with Crippen LogP contribution in [0.15, 0.2) is 60.2 Å². The molecule has 0 radical (unpaired) electrons. The summed E-state index contributed by atoms with van der Waals surface area (Å²) in [5.74, 6) is 0. The van der Waals surface area contributed by atoms with E-state index in [-0.39, 0.29) is 16.5 Å². The Hall–Kier alpha value is -1.99. The van der Waals surface area contributed by atoms with E-state index in [2.05, 4.69) is 103 Å². The van der Waals surface area contributed by atoms with Crippen molar-refractivity contribution in [3.05, 3.63) is 102 Å². The molecule has 0 spiro atoms. The first-order valence-corrected chi connectivity index (χ1v) is 38.2. The summed E-state index contributed by atoms with van der Waals surface area (Å²) in [6.45, 7) is 19.0. The van der Waals surface area contributed by atoms with Crippen molar-refractivity contribution in [2.45, 2.75) is 413 Å². The van der Waals surface area contributed by atoms with Crippen LogP contribution in [0.4, 0.5) is 0 Å². The normalized spacial score (nSPS) is 12.1. The number of nitrogens with zero attached hydrogens (tertiary/aromatic N) is 2. The van der Waals surface area contributed by atoms with Crippen LogP contribution < -0.4 is 0 Å². The van der Waals surface area contributed by atoms with Crippen LogP contribution in [0, 0.1) is 13.8 Å². The molecule has 0 saturated carbocycles. The molecule has 1 aliphatic heterocycles. The molecule has 1 aliphatic rings. The third-order valence-electron chi connectivity index (χ3n) is 18.2. The molecule has 0 unspecified atom stereocenters. The molecule has 0 amide bonds. The van der Waals surface area contributed by atoms with E-state index >= 15 is 0 Å². The molecule has 1 heterocycles. The summed E-state index contributed by atoms with van der Waals surface area (Å²) in [7, 11) is 0. The second-order valence-electron chi connectivity index (χ2n) is 26.4. The molecule has 0 N–H and O–H groups in total. The molecule has 494 valence electrons. The van der Waals surface area contributed by atoms with Crippen molar-refractivity contribution in [2.75, 3.05) is 0 Å². The standard InChI is InChI=1S/2C28H57.C26H32N2.Ni/c2*1-3-5-7-9-11-13-15-17-19-21-23-25-27-28-26-24-22-20-18-16-14-12-10-8-6-4-2;1-4-7-11-20-13-9-15-23(17-20)25-19-22(6-3)26(28(25)27)24-16-10-14-21(18-24)12-8-5-2;/h2*1,3-28H2,2H3;9-10,13-19H,4-8,11-12H2,1-3H3;/q2*-1;;+2. The summed E-state index contributed by atoms with van der Waals surface area (Å²) in [5, 5.41) is 0. The van der Waals surface area contributed by atoms with Gasteiger partial charge >= 0.3 is 16.5 Å². The fraction of sp³-hybridized carbons (Fsp3) is 0.780. The van der Waals surface area contributed by atoms with Gasteiger partial charge in [0.2, 0.25) is 11.4 Å². The minimum absolute atomic E-state index is 0. The minimum atomic E-state index is 0. The van der Waals surface area contributed by atoms with Crippen molar-refractivity contribution in [1.29, 1.82) is 0 Å². The maximum atomic E-state index is 11.1. The third kappa shape index (κ3) is 50.5. The largest absolute Gasteiger partial charge is 2.00 e. The molecule has 0 aromatic heterocycles. The summed E-state index contributed by atoms with van der Waals surface area (Å²) in [6, 6.07) is 17.2. The first kappa shape index (κ1) is 83.0. The monoisotopic (exact) mass is 1220 g/mol. The number of unbranched alkanes of at least 4 members (excludes halogenated alkanes) is 52. The molecule has 2 nitrogen and oxygen atoms in total. The Bertz CT molecular complexity index is 1650. The maximum absolute atomic E-state index is 11.1. The Morgan fingerprint density at radius 2 is 0.541 bits per heavy atom. The van der Waals surface area contributed by atoms with Crippen LogP contribution >= 0.6 is 0 Å². The van der Waals surface area contributed by atoms with Crippen LogP contribution in [0.2, 0.25) is 0 Å². The van der Waals surface area contributed by atoms with E-state index in [1.54, 1.807) is 0 Å². The summed E-state index contributed by atoms with van der Waals surface area (Å²) >= 11 is 0. The molecule has 85 heavy (non-hydrogen) atoms. The topological polar surface area (TPSA) is 25.3 Å². The number of rotatable bonds is 59. The molecule has 3 heteroatoms. The molecule has 0 fully saturated rings. The number of benzene rings is 2. The van der Waals surface area contributed by atoms with E-state index < -0.39 is 0 Å². The summed E-state index contributed by atoms with van der Waals surface area (Å²) in [4.78, 5) is 0. The predicted molar refractivity (Wildman–Crippen MR) is 381 cm³/mol. The van der Waals surface area contributed by atoms with Crippen molar-refractivity contribution in [3.8, 4) is 0 Å². The van der Waals surface area contributed by atoms with Crippen molar-refractivity contribution >= 4 is 11.4 Å². The van der Waals surface area contributed by atoms with Gasteiger partial charge in [-0.2, -0.15) is 12.8 Å². The molecule has 0 bridgehead atoms. The fourth-order valence-electron chi connectivity index (χ4n) is 12.5. The Balaban J connectivity index is 0.00000124. The first-order chi connectivity index (χ1) is 41.5. The second kappa shape index (κ2) is 66.4. The van der Waals surface area contributed by atoms with Crippen LogP contribution in [0.1, 0.15) is 423 Å². The van der Waals surface area contributed by atoms with Crippen molar-refractivity contribution < 1.29 is 21.2 Å². The van der Waals surface area contributed by atoms with Gasteiger partial charge in [0.1, 0.15) is 0 Å². The van der Waals surface area contributed by atoms with Gasteiger partial charge in [0.15, 0.2) is 0 Å². The summed E-state index contributed by atoms with van der Waals surface area (Å²) in [6.07, 6.45) is 85.6. The van der Waals surface area contributed by atoms with Gasteiger partial charge < -0.3 is 19.4 Å². The zero-order chi connectivity index (χ0) is 60.7. The van der Waals surface area contributed by atoms with Gasteiger partial charge in [-0.05, 0) is 67.5 Å². The molecular weight excluding hydrogens is 1070 g/mol. The average molecular weight is 1220 g/mol. The first-order valence-electron chi connectivity index (χ1n) is 38.2. The van der Waals surface area contributed by atoms with Gasteiger partial charge in [-0.1, -0.05) is 393 Å². The van der Waals surface area contributed by atoms with Gasteiger partial charge in [-0.25, -0.2) is 4.70 Å². The molecule has 2 aromatic carbocycles. The SMILES string of the molecule is CCCCc1cccc(C2=CC(CC)=C(c3cccc(CCCC)c3)[N+]2=[N-])c1.[CH2-]CCCCCCCCCCCCCCCCCCCCCCCCCCC.[CH2-]CCCCCCCCCCCCCCCCCCCCCCCCCCC.[Ni+2]. The van der Waals surface area contributed by atoms with Crippen LogP contribution in [0.25, 0.3) is 16.9 Å². The van der Waals surface area contributed by atoms with Gasteiger partial charge in [0.25, 0.3) is 0 Å². The number of aryl methyl sites for hydroxylation is 2. The molecule has 0 atom stereocenters. The van der Waals surface area contributed by atoms with Crippen LogP contribution in [-0.4, -0.2) is 4.70 Å². The maximum Gasteiger partial charge on any atom is 2.00 e. The van der Waals surface area contributed by atoms with Gasteiger partial charge in [-0.15, -0.1) is 0 Å². The number of hydrogen-bond donors (Lipinski definition) is 0. The number of allylic oxidation sites excluding steroid dienone is 2. The Labute approximate surface area is 544 Å². The Morgan fingerprint density at radius 1 is 0.306 bits per heavy atom. The van der Waals surface area contributed by atoms with E-state index in [4.69, 9.17) is 0 Å². The number of hydrogen-bond acceptors (Lipinski definition) is 0. The van der Waals surface area contributed by atoms with Crippen LogP contribution in [0.3, 0.4) is 0 Å². The van der Waals surface area contributed by atoms with E-state index in [0.717, 1.165) is 54.6 Å². The quantitative estimate of drug-likeness (QED) is 0.0273. The Kier molecular flexibility index (Phi) is 64.9. The zero-order valence-electron chi connectivity index (χ0n) is 58.0. The van der Waals surface area contributed by atoms with Gasteiger partial charge in [-0.3, -0.25) is 0 Å². The molecule has 2 aromatic rings. The second-order valence-corrected chi connectivity index (χ2v) is 26.4. The van der Waals surface area contributed by atoms with Crippen molar-refractivity contribution in [1.82, 2.24) is 0 Å². The minimum Gasteiger partial charge on any atom is -0.493 e. The molecule has 0 saturated heterocycles. The van der Waals surface area contributed by atoms with Crippen molar-refractivity contribution in [3.63, 3.8) is 0 Å². The van der Waals surface area contributed by atoms with Gasteiger partial charge in [0.05, 0.1) is 0 Å². The van der Waals surface area contributed by atoms with E-state index in [1.165, 1.54) is 368 Å². The Morgan fingerprint density at radius 3 is 0.788 bits per heavy atom. The summed E-state index contributed by atoms with van der Waals surface area (Å²) < 4.78 is 1.40. The summed E-state index contributed by atoms with van der Waals surface area (Å²) in [5.41, 5.74) is 18.9. The van der Waals surface area contributed by atoms with E-state index in [1.807, 2.05) is 0 Å². The molecule has 3 rings (SSSR count). The smallest absolute Gasteiger partial charge is 0.493 e. The van der Waals surface area contributed by atoms with E-state index in [0.29, 0.717) is 0 Å². The predicted octanol–water partition coefficient (Wildman–Crippen LogP) is 29.5. The average Bonchev–Trinajstić information content (AvgIpc) is 4.13.